The van der Waals surface area contributed by atoms with Crippen molar-refractivity contribution in [3.63, 3.8) is 0 Å². The molecular formula is C20H33N3O3. The average molecular weight is 364 g/mol. The Balaban J connectivity index is 1.38. The van der Waals surface area contributed by atoms with Crippen LogP contribution in [0.5, 0.6) is 0 Å². The van der Waals surface area contributed by atoms with Gasteiger partial charge < -0.3 is 16.0 Å². The number of amides is 3. The second-order valence-corrected chi connectivity index (χ2v) is 9.78. The first-order valence-electron chi connectivity index (χ1n) is 10.0. The Morgan fingerprint density at radius 1 is 0.885 bits per heavy atom. The molecule has 0 aromatic rings. The Bertz CT molecular complexity index is 544. The van der Waals surface area contributed by atoms with Crippen LogP contribution >= 0.6 is 0 Å². The van der Waals surface area contributed by atoms with Gasteiger partial charge in [0.15, 0.2) is 0 Å². The monoisotopic (exact) mass is 363 g/mol. The molecule has 4 saturated carbocycles. The van der Waals surface area contributed by atoms with E-state index in [-0.39, 0.29) is 41.6 Å². The van der Waals surface area contributed by atoms with Gasteiger partial charge in [0.05, 0.1) is 6.54 Å². The first-order chi connectivity index (χ1) is 12.2. The van der Waals surface area contributed by atoms with Crippen molar-refractivity contribution >= 4 is 17.7 Å². The fraction of sp³-hybridized carbons (Fsp3) is 0.850. The molecule has 4 aliphatic rings. The molecule has 0 saturated heterocycles. The van der Waals surface area contributed by atoms with Crippen LogP contribution in [0.1, 0.15) is 65.7 Å². The van der Waals surface area contributed by atoms with Gasteiger partial charge in [0.1, 0.15) is 0 Å². The molecule has 3 N–H and O–H groups in total. The summed E-state index contributed by atoms with van der Waals surface area (Å²) in [5.41, 5.74) is -0.481. The summed E-state index contributed by atoms with van der Waals surface area (Å²) >= 11 is 0. The first-order valence-corrected chi connectivity index (χ1v) is 10.0. The second kappa shape index (κ2) is 7.20. The van der Waals surface area contributed by atoms with Crippen molar-refractivity contribution in [3.8, 4) is 0 Å². The minimum Gasteiger partial charge on any atom is -0.355 e. The molecule has 4 rings (SSSR count). The van der Waals surface area contributed by atoms with E-state index in [1.54, 1.807) is 0 Å². The maximum Gasteiger partial charge on any atom is 0.239 e. The topological polar surface area (TPSA) is 87.3 Å². The van der Waals surface area contributed by atoms with Crippen LogP contribution in [-0.4, -0.2) is 36.3 Å². The maximum atomic E-state index is 12.8. The van der Waals surface area contributed by atoms with Crippen molar-refractivity contribution in [1.82, 2.24) is 16.0 Å². The number of hydrogen-bond donors (Lipinski definition) is 3. The zero-order valence-corrected chi connectivity index (χ0v) is 16.3. The van der Waals surface area contributed by atoms with Gasteiger partial charge in [0, 0.05) is 23.9 Å². The molecule has 0 unspecified atom stereocenters. The lowest BCUT2D eigenvalue weighted by atomic mass is 9.49. The van der Waals surface area contributed by atoms with Gasteiger partial charge in [-0.05, 0) is 77.0 Å². The van der Waals surface area contributed by atoms with Gasteiger partial charge in [0.25, 0.3) is 0 Å². The Labute approximate surface area is 156 Å². The summed E-state index contributed by atoms with van der Waals surface area (Å²) < 4.78 is 0. The normalized spacial score (nSPS) is 32.2. The van der Waals surface area contributed by atoms with E-state index in [0.29, 0.717) is 6.54 Å². The van der Waals surface area contributed by atoms with Crippen molar-refractivity contribution < 1.29 is 14.4 Å². The fourth-order valence-corrected chi connectivity index (χ4v) is 5.60. The van der Waals surface area contributed by atoms with Crippen LogP contribution in [0.3, 0.4) is 0 Å². The number of nitrogens with one attached hydrogen (secondary N) is 3. The number of carbonyl (C=O) groups is 3. The largest absolute Gasteiger partial charge is 0.355 e. The van der Waals surface area contributed by atoms with Crippen LogP contribution in [0, 0.1) is 23.2 Å². The van der Waals surface area contributed by atoms with E-state index in [0.717, 1.165) is 37.0 Å². The highest BCUT2D eigenvalue weighted by Gasteiger charge is 2.54. The van der Waals surface area contributed by atoms with Gasteiger partial charge in [-0.2, -0.15) is 0 Å². The highest BCUT2D eigenvalue weighted by atomic mass is 16.2. The van der Waals surface area contributed by atoms with Gasteiger partial charge >= 0.3 is 0 Å². The number of carbonyl (C=O) groups excluding carboxylic acids is 3. The Hall–Kier alpha value is -1.59. The average Bonchev–Trinajstić information content (AvgIpc) is 2.50. The molecule has 0 heterocycles. The van der Waals surface area contributed by atoms with Crippen LogP contribution in [0.2, 0.25) is 0 Å². The Morgan fingerprint density at radius 2 is 1.42 bits per heavy atom. The molecule has 6 nitrogen and oxygen atoms in total. The molecule has 0 aliphatic heterocycles. The third-order valence-corrected chi connectivity index (χ3v) is 6.12. The van der Waals surface area contributed by atoms with E-state index in [4.69, 9.17) is 0 Å². The predicted molar refractivity (Wildman–Crippen MR) is 99.1 cm³/mol. The molecule has 3 amide bonds. The molecule has 0 atom stereocenters. The summed E-state index contributed by atoms with van der Waals surface area (Å²) in [6.07, 6.45) is 7.24. The lowest BCUT2D eigenvalue weighted by Gasteiger charge is -2.55. The van der Waals surface area contributed by atoms with E-state index in [2.05, 4.69) is 16.0 Å². The molecule has 0 aromatic heterocycles. The number of rotatable bonds is 6. The van der Waals surface area contributed by atoms with Crippen LogP contribution in [0.4, 0.5) is 0 Å². The van der Waals surface area contributed by atoms with Gasteiger partial charge in [-0.25, -0.2) is 0 Å². The summed E-state index contributed by atoms with van der Waals surface area (Å²) in [4.78, 5) is 36.4. The van der Waals surface area contributed by atoms with Crippen LogP contribution in [-0.2, 0) is 14.4 Å². The lowest BCUT2D eigenvalue weighted by Crippen LogP contribution is -2.53. The highest BCUT2D eigenvalue weighted by Crippen LogP contribution is 2.60. The van der Waals surface area contributed by atoms with E-state index in [1.165, 1.54) is 19.3 Å². The molecule has 0 radical (unpaired) electrons. The summed E-state index contributed by atoms with van der Waals surface area (Å²) in [5, 5.41) is 8.41. The molecule has 6 heteroatoms. The van der Waals surface area contributed by atoms with Crippen molar-refractivity contribution in [2.45, 2.75) is 71.3 Å². The summed E-state index contributed by atoms with van der Waals surface area (Å²) in [6, 6.07) is 0. The molecule has 4 aliphatic carbocycles. The van der Waals surface area contributed by atoms with Crippen molar-refractivity contribution in [1.29, 1.82) is 0 Å². The SMILES string of the molecule is CC(C)(C)NC(=O)CNC(=O)CCNC(=O)C12CC3CC(CC(C3)C1)C2. The smallest absolute Gasteiger partial charge is 0.239 e. The summed E-state index contributed by atoms with van der Waals surface area (Å²) in [7, 11) is 0. The van der Waals surface area contributed by atoms with Crippen molar-refractivity contribution in [2.75, 3.05) is 13.1 Å². The van der Waals surface area contributed by atoms with Gasteiger partial charge in [-0.15, -0.1) is 0 Å². The van der Waals surface area contributed by atoms with E-state index < -0.39 is 0 Å². The predicted octanol–water partition coefficient (Wildman–Crippen LogP) is 1.74. The third kappa shape index (κ3) is 4.57. The van der Waals surface area contributed by atoms with Crippen molar-refractivity contribution in [2.24, 2.45) is 23.2 Å². The molecule has 4 fully saturated rings. The first kappa shape index (κ1) is 19.2. The quantitative estimate of drug-likeness (QED) is 0.672. The van der Waals surface area contributed by atoms with Gasteiger partial charge in [0.2, 0.25) is 17.7 Å². The minimum atomic E-state index is -0.312. The zero-order valence-electron chi connectivity index (χ0n) is 16.3. The molecular weight excluding hydrogens is 330 g/mol. The van der Waals surface area contributed by atoms with Crippen LogP contribution in [0.15, 0.2) is 0 Å². The van der Waals surface area contributed by atoms with Crippen LogP contribution < -0.4 is 16.0 Å². The van der Waals surface area contributed by atoms with E-state index >= 15 is 0 Å². The molecule has 0 spiro atoms. The lowest BCUT2D eigenvalue weighted by molar-refractivity contribution is -0.146. The van der Waals surface area contributed by atoms with Crippen molar-refractivity contribution in [3.05, 3.63) is 0 Å². The van der Waals surface area contributed by atoms with E-state index in [1.807, 2.05) is 20.8 Å². The van der Waals surface area contributed by atoms with Crippen LogP contribution in [0.25, 0.3) is 0 Å². The zero-order chi connectivity index (χ0) is 18.9. The molecule has 146 valence electrons. The molecule has 4 bridgehead atoms. The second-order valence-electron chi connectivity index (χ2n) is 9.78. The molecule has 0 aromatic carbocycles. The summed E-state index contributed by atoms with van der Waals surface area (Å²) in [5.74, 6) is 1.93. The fourth-order valence-electron chi connectivity index (χ4n) is 5.60. The van der Waals surface area contributed by atoms with E-state index in [9.17, 15) is 14.4 Å². The molecule has 26 heavy (non-hydrogen) atoms. The summed E-state index contributed by atoms with van der Waals surface area (Å²) in [6.45, 7) is 6.00. The minimum absolute atomic E-state index is 0.0287. The third-order valence-electron chi connectivity index (χ3n) is 6.12. The standard InChI is InChI=1S/C20H33N3O3/c1-19(2,3)23-17(25)12-22-16(24)4-5-21-18(26)20-9-13-6-14(10-20)8-15(7-13)11-20/h13-15H,4-12H2,1-3H3,(H,21,26)(H,22,24)(H,23,25). The maximum absolute atomic E-state index is 12.8. The Morgan fingerprint density at radius 3 is 1.92 bits per heavy atom. The van der Waals surface area contributed by atoms with Gasteiger partial charge in [-0.3, -0.25) is 14.4 Å². The Kier molecular flexibility index (Phi) is 5.31. The highest BCUT2D eigenvalue weighted by molar-refractivity contribution is 5.86. The number of hydrogen-bond acceptors (Lipinski definition) is 3. The van der Waals surface area contributed by atoms with Gasteiger partial charge in [-0.1, -0.05) is 0 Å².